The molecule has 0 atom stereocenters. The number of benzene rings is 2. The van der Waals surface area contributed by atoms with E-state index in [1.165, 1.54) is 5.31 Å². The van der Waals surface area contributed by atoms with Crippen molar-refractivity contribution in [3.05, 3.63) is 60.7 Å². The predicted octanol–water partition coefficient (Wildman–Crippen LogP) is 3.43. The third-order valence-electron chi connectivity index (χ3n) is 1.77. The summed E-state index contributed by atoms with van der Waals surface area (Å²) in [6.07, 6.45) is 0. The molecule has 0 saturated carbocycles. The average Bonchev–Trinajstić information content (AvgIpc) is 2.30. The largest absolute Gasteiger partial charge is 0.356 e. The highest BCUT2D eigenvalue weighted by Gasteiger charge is 1.89. The van der Waals surface area contributed by atoms with Crippen LogP contribution in [0.3, 0.4) is 0 Å². The molecule has 64 valence electrons. The van der Waals surface area contributed by atoms with Crippen molar-refractivity contribution in [3.63, 3.8) is 0 Å². The Hall–Kier alpha value is -1.76. The van der Waals surface area contributed by atoms with Crippen molar-refractivity contribution in [1.29, 1.82) is 0 Å². The summed E-state index contributed by atoms with van der Waals surface area (Å²) in [6, 6.07) is 19.3. The van der Waals surface area contributed by atoms with Crippen molar-refractivity contribution in [2.45, 2.75) is 0 Å². The molecule has 0 aliphatic heterocycles. The summed E-state index contributed by atoms with van der Waals surface area (Å²) in [6.45, 7) is 0. The lowest BCUT2D eigenvalue weighted by molar-refractivity contribution is 1.55. The van der Waals surface area contributed by atoms with Gasteiger partial charge in [0.05, 0.1) is 0 Å². The van der Waals surface area contributed by atoms with E-state index >= 15 is 0 Å². The minimum absolute atomic E-state index is 0.874. The number of anilines is 2. The van der Waals surface area contributed by atoms with Crippen molar-refractivity contribution >= 4 is 11.4 Å². The second kappa shape index (κ2) is 3.76. The first-order valence-corrected chi connectivity index (χ1v) is 4.27. The number of hydrogen-bond donors (Lipinski definition) is 1. The zero-order valence-electron chi connectivity index (χ0n) is 8.22. The third kappa shape index (κ3) is 2.09. The van der Waals surface area contributed by atoms with Crippen molar-refractivity contribution in [2.24, 2.45) is 0 Å². The zero-order chi connectivity index (χ0) is 9.80. The highest BCUT2D eigenvalue weighted by molar-refractivity contribution is 5.58. The lowest BCUT2D eigenvalue weighted by Crippen LogP contribution is -1.87. The molecule has 13 heavy (non-hydrogen) atoms. The Balaban J connectivity index is 2.30. The van der Waals surface area contributed by atoms with Gasteiger partial charge in [-0.2, -0.15) is 0 Å². The third-order valence-corrected chi connectivity index (χ3v) is 1.77. The van der Waals surface area contributed by atoms with Gasteiger partial charge in [0.2, 0.25) is 0 Å². The van der Waals surface area contributed by atoms with Crippen LogP contribution < -0.4 is 5.31 Å². The van der Waals surface area contributed by atoms with E-state index in [0.717, 1.165) is 11.4 Å². The molecule has 0 bridgehead atoms. The van der Waals surface area contributed by atoms with Crippen molar-refractivity contribution in [1.82, 2.24) is 0 Å². The summed E-state index contributed by atoms with van der Waals surface area (Å²) in [4.78, 5) is 0. The van der Waals surface area contributed by atoms with E-state index in [0.29, 0.717) is 0 Å². The molecule has 0 amide bonds. The molecule has 1 nitrogen and oxygen atoms in total. The molecule has 0 radical (unpaired) electrons. The van der Waals surface area contributed by atoms with Gasteiger partial charge in [-0.1, -0.05) is 36.4 Å². The standard InChI is InChI=1S/C12H11N/c1-3-7-11(8-4-1)13-12-9-5-2-6-10-12/h1-10,13H/i/hD. The molecule has 2 rings (SSSR count). The number of rotatable bonds is 2. The second-order valence-electron chi connectivity index (χ2n) is 2.78. The molecule has 0 aliphatic carbocycles. The molecule has 0 aliphatic rings. The van der Waals surface area contributed by atoms with Gasteiger partial charge in [0.25, 0.3) is 0 Å². The monoisotopic (exact) mass is 170 g/mol. The van der Waals surface area contributed by atoms with Gasteiger partial charge in [-0.3, -0.25) is 0 Å². The van der Waals surface area contributed by atoms with Gasteiger partial charge in [0, 0.05) is 11.4 Å². The van der Waals surface area contributed by atoms with E-state index < -0.39 is 0 Å². The average molecular weight is 170 g/mol. The molecule has 2 aromatic carbocycles. The molecule has 1 heteroatoms. The molecular weight excluding hydrogens is 158 g/mol. The first-order valence-electron chi connectivity index (χ1n) is 4.72. The molecule has 0 fully saturated rings. The summed E-state index contributed by atoms with van der Waals surface area (Å²) in [5.74, 6) is 0. The van der Waals surface area contributed by atoms with Gasteiger partial charge in [0.15, 0.2) is 1.41 Å². The van der Waals surface area contributed by atoms with Crippen LogP contribution in [0.4, 0.5) is 11.4 Å². The Labute approximate surface area is 79.5 Å². The smallest absolute Gasteiger partial charge is 0.167 e. The molecule has 0 saturated heterocycles. The Morgan fingerprint density at radius 2 is 1.08 bits per heavy atom. The van der Waals surface area contributed by atoms with Crippen LogP contribution in [0.2, 0.25) is 1.41 Å². The van der Waals surface area contributed by atoms with Gasteiger partial charge in [-0.25, -0.2) is 0 Å². The van der Waals surface area contributed by atoms with Crippen molar-refractivity contribution in [3.8, 4) is 0 Å². The molecule has 1 N–H and O–H groups in total. The molecule has 2 aromatic rings. The minimum Gasteiger partial charge on any atom is -0.356 e. The molecule has 0 unspecified atom stereocenters. The number of nitrogens with one attached hydrogen (secondary N) is 1. The fraction of sp³-hybridized carbons (Fsp3) is 0. The summed E-state index contributed by atoms with van der Waals surface area (Å²) in [7, 11) is 0. The van der Waals surface area contributed by atoms with Crippen molar-refractivity contribution < 1.29 is 1.41 Å². The molecule has 0 aromatic heterocycles. The Morgan fingerprint density at radius 3 is 1.46 bits per heavy atom. The van der Waals surface area contributed by atoms with Crippen LogP contribution in [-0.2, 0) is 0 Å². The van der Waals surface area contributed by atoms with E-state index in [9.17, 15) is 0 Å². The van der Waals surface area contributed by atoms with Crippen LogP contribution in [0.25, 0.3) is 0 Å². The fourth-order valence-electron chi connectivity index (χ4n) is 1.15. The van der Waals surface area contributed by atoms with Crippen molar-refractivity contribution in [2.75, 3.05) is 5.31 Å². The predicted molar refractivity (Wildman–Crippen MR) is 56.2 cm³/mol. The maximum atomic E-state index is 7.89. The van der Waals surface area contributed by atoms with Gasteiger partial charge in [0.1, 0.15) is 0 Å². The lowest BCUT2D eigenvalue weighted by Gasteiger charge is -2.04. The summed E-state index contributed by atoms with van der Waals surface area (Å²) >= 11 is 0. The van der Waals surface area contributed by atoms with Gasteiger partial charge in [-0.15, -0.1) is 0 Å². The Kier molecular flexibility index (Phi) is 1.95. The Morgan fingerprint density at radius 1 is 0.692 bits per heavy atom. The highest BCUT2D eigenvalue weighted by atomic mass is 14.9. The molecule has 0 spiro atoms. The molecular formula is C12H11N. The fourth-order valence-corrected chi connectivity index (χ4v) is 1.15. The van der Waals surface area contributed by atoms with Crippen LogP contribution in [-0.4, -0.2) is 0 Å². The maximum Gasteiger partial charge on any atom is 0.167 e. The van der Waals surface area contributed by atoms with Gasteiger partial charge < -0.3 is 5.31 Å². The van der Waals surface area contributed by atoms with Gasteiger partial charge in [-0.05, 0) is 24.3 Å². The van der Waals surface area contributed by atoms with Crippen LogP contribution in [0.1, 0.15) is 0 Å². The van der Waals surface area contributed by atoms with Crippen LogP contribution in [0.15, 0.2) is 60.7 Å². The van der Waals surface area contributed by atoms with Crippen LogP contribution in [0.5, 0.6) is 0 Å². The normalized spacial score (nSPS) is 10.6. The summed E-state index contributed by atoms with van der Waals surface area (Å²) in [5.41, 5.74) is 1.75. The van der Waals surface area contributed by atoms with Crippen LogP contribution in [0, 0.1) is 0 Å². The Bertz CT molecular complexity index is 346. The van der Waals surface area contributed by atoms with Gasteiger partial charge >= 0.3 is 0 Å². The quantitative estimate of drug-likeness (QED) is 0.728. The number of para-hydroxylation sites is 2. The second-order valence-corrected chi connectivity index (χ2v) is 2.78. The first-order chi connectivity index (χ1) is 6.88. The van der Waals surface area contributed by atoms with E-state index in [4.69, 9.17) is 1.41 Å². The summed E-state index contributed by atoms with van der Waals surface area (Å²) < 4.78 is 7.89. The van der Waals surface area contributed by atoms with E-state index in [1.54, 1.807) is 0 Å². The lowest BCUT2D eigenvalue weighted by atomic mass is 10.3. The maximum absolute atomic E-state index is 7.89. The zero-order valence-corrected chi connectivity index (χ0v) is 7.22. The minimum atomic E-state index is 0.874. The SMILES string of the molecule is [2H]N(c1ccccc1)c1ccccc1. The van der Waals surface area contributed by atoms with E-state index in [2.05, 4.69) is 0 Å². The van der Waals surface area contributed by atoms with Crippen LogP contribution >= 0.6 is 0 Å². The first kappa shape index (κ1) is 6.72. The topological polar surface area (TPSA) is 12.0 Å². The van der Waals surface area contributed by atoms with E-state index in [-0.39, 0.29) is 0 Å². The number of hydrogen-bond acceptors (Lipinski definition) is 1. The van der Waals surface area contributed by atoms with E-state index in [1.807, 2.05) is 60.7 Å². The highest BCUT2D eigenvalue weighted by Crippen LogP contribution is 2.14. The summed E-state index contributed by atoms with van der Waals surface area (Å²) in [5, 5.41) is 1.42. The molecule has 0 heterocycles.